The minimum absolute atomic E-state index is 0.0113. The summed E-state index contributed by atoms with van der Waals surface area (Å²) >= 11 is 6.56. The molecule has 4 N–H and O–H groups in total. The highest BCUT2D eigenvalue weighted by Gasteiger charge is 2.03. The number of aldehydes is 1. The Morgan fingerprint density at radius 3 is 1.61 bits per heavy atom. The fourth-order valence-corrected chi connectivity index (χ4v) is 3.68. The Morgan fingerprint density at radius 1 is 0.756 bits per heavy atom. The number of rotatable bonds is 8. The summed E-state index contributed by atoms with van der Waals surface area (Å²) in [6, 6.07) is 15.4. The van der Waals surface area contributed by atoms with E-state index in [0.717, 1.165) is 20.8 Å². The molecule has 0 spiro atoms. The Balaban J connectivity index is 0.000000309. The predicted octanol–water partition coefficient (Wildman–Crippen LogP) is 4.90. The van der Waals surface area contributed by atoms with E-state index < -0.39 is 5.97 Å². The molecule has 0 aromatic heterocycles. The van der Waals surface area contributed by atoms with E-state index in [4.69, 9.17) is 34.6 Å². The predicted molar refractivity (Wildman–Crippen MR) is 162 cm³/mol. The van der Waals surface area contributed by atoms with Crippen LogP contribution in [-0.2, 0) is 24.6 Å². The highest BCUT2D eigenvalue weighted by Crippen LogP contribution is 2.24. The Morgan fingerprint density at radius 2 is 1.20 bits per heavy atom. The number of aliphatic hydroxyl groups excluding tert-OH is 3. The molecule has 3 aromatic carbocycles. The summed E-state index contributed by atoms with van der Waals surface area (Å²) in [5.41, 5.74) is 4.19. The lowest BCUT2D eigenvalue weighted by Gasteiger charge is -2.06. The van der Waals surface area contributed by atoms with Crippen LogP contribution in [-0.4, -0.2) is 54.0 Å². The summed E-state index contributed by atoms with van der Waals surface area (Å²) in [6.07, 6.45) is 2.65. The first kappa shape index (κ1) is 35.4. The number of carbonyl (C=O) groups excluding carboxylic acids is 1. The Hall–Kier alpha value is -3.66. The van der Waals surface area contributed by atoms with Crippen LogP contribution in [0.15, 0.2) is 58.0 Å². The molecule has 0 aliphatic heterocycles. The Bertz CT molecular complexity index is 1390. The average Bonchev–Trinajstić information content (AvgIpc) is 2.99. The Kier molecular flexibility index (Phi) is 16.8. The average molecular weight is 694 g/mol. The zero-order valence-electron chi connectivity index (χ0n) is 22.6. The standard InChI is InChI=1S/C11H10O4.C10H10Br2O2.C9H10O3/c1-15-10-6-8(3-5-11(13)14)2-4-9(10)7-12;1-14-9-4-7(5-10(11)12)2-3-8(9)6-13;1-12-9-4-7(5-10)2-3-8(9)6-11/h2,4,6,12H,7H2,1H3,(H,13,14);2-5,13H,6H2,1H3;2-5,11H,6H2,1H3. The van der Waals surface area contributed by atoms with Gasteiger partial charge in [0.15, 0.2) is 0 Å². The molecular weight excluding hydrogens is 664 g/mol. The minimum Gasteiger partial charge on any atom is -0.496 e. The summed E-state index contributed by atoms with van der Waals surface area (Å²) < 4.78 is 16.0. The van der Waals surface area contributed by atoms with E-state index in [-0.39, 0.29) is 19.8 Å². The molecule has 0 atom stereocenters. The van der Waals surface area contributed by atoms with Crippen LogP contribution in [0.25, 0.3) is 6.08 Å². The van der Waals surface area contributed by atoms with Crippen molar-refractivity contribution in [3.05, 3.63) is 91.4 Å². The SMILES string of the molecule is COc1cc(C#CC(=O)O)ccc1CO.COc1cc(C=C(Br)Br)ccc1CO.COc1cc(C=O)ccc1CO. The molecule has 0 saturated heterocycles. The minimum atomic E-state index is -1.18. The van der Waals surface area contributed by atoms with Gasteiger partial charge in [0.1, 0.15) is 23.5 Å². The van der Waals surface area contributed by atoms with Crippen molar-refractivity contribution < 1.29 is 44.2 Å². The molecular formula is C30H30Br2O9. The van der Waals surface area contributed by atoms with E-state index in [1.807, 2.05) is 30.2 Å². The number of methoxy groups -OCH3 is 3. The van der Waals surface area contributed by atoms with Crippen LogP contribution in [0.5, 0.6) is 17.2 Å². The first-order chi connectivity index (χ1) is 19.6. The van der Waals surface area contributed by atoms with Gasteiger partial charge in [0.2, 0.25) is 0 Å². The summed E-state index contributed by atoms with van der Waals surface area (Å²) in [6.45, 7) is -0.221. The van der Waals surface area contributed by atoms with E-state index in [1.54, 1.807) is 43.5 Å². The molecule has 0 aliphatic rings. The fraction of sp³-hybridized carbons (Fsp3) is 0.200. The molecule has 218 valence electrons. The summed E-state index contributed by atoms with van der Waals surface area (Å²) in [4.78, 5) is 20.6. The van der Waals surface area contributed by atoms with Gasteiger partial charge in [-0.2, -0.15) is 0 Å². The van der Waals surface area contributed by atoms with Gasteiger partial charge in [0.25, 0.3) is 0 Å². The lowest BCUT2D eigenvalue weighted by atomic mass is 10.1. The molecule has 0 aliphatic carbocycles. The first-order valence-electron chi connectivity index (χ1n) is 11.7. The molecule has 0 bridgehead atoms. The summed E-state index contributed by atoms with van der Waals surface area (Å²) in [7, 11) is 4.57. The summed E-state index contributed by atoms with van der Waals surface area (Å²) in [5.74, 6) is 5.01. The number of ether oxygens (including phenoxy) is 3. The van der Waals surface area contributed by atoms with Gasteiger partial charge in [-0.15, -0.1) is 0 Å². The van der Waals surface area contributed by atoms with Crippen LogP contribution in [0.2, 0.25) is 0 Å². The van der Waals surface area contributed by atoms with E-state index in [9.17, 15) is 9.59 Å². The van der Waals surface area contributed by atoms with Crippen LogP contribution in [0, 0.1) is 11.8 Å². The smallest absolute Gasteiger partial charge is 0.382 e. The molecule has 9 nitrogen and oxygen atoms in total. The molecule has 0 radical (unpaired) electrons. The lowest BCUT2D eigenvalue weighted by Crippen LogP contribution is -1.93. The van der Waals surface area contributed by atoms with Gasteiger partial charge in [-0.1, -0.05) is 36.3 Å². The van der Waals surface area contributed by atoms with E-state index in [1.165, 1.54) is 14.2 Å². The van der Waals surface area contributed by atoms with E-state index in [2.05, 4.69) is 37.8 Å². The topological polar surface area (TPSA) is 143 Å². The molecule has 0 heterocycles. The highest BCUT2D eigenvalue weighted by atomic mass is 79.9. The van der Waals surface area contributed by atoms with E-state index >= 15 is 0 Å². The maximum atomic E-state index is 10.4. The number of aliphatic hydroxyl groups is 3. The van der Waals surface area contributed by atoms with Crippen LogP contribution in [0.3, 0.4) is 0 Å². The van der Waals surface area contributed by atoms with Gasteiger partial charge in [-0.05, 0) is 67.8 Å². The molecule has 41 heavy (non-hydrogen) atoms. The van der Waals surface area contributed by atoms with Crippen molar-refractivity contribution in [1.82, 2.24) is 0 Å². The molecule has 11 heteroatoms. The number of hydrogen-bond donors (Lipinski definition) is 4. The second kappa shape index (κ2) is 19.4. The molecule has 3 aromatic rings. The third kappa shape index (κ3) is 12.6. The number of carboxylic acid groups (broad SMARTS) is 1. The lowest BCUT2D eigenvalue weighted by molar-refractivity contribution is -0.130. The zero-order valence-corrected chi connectivity index (χ0v) is 25.7. The van der Waals surface area contributed by atoms with Crippen LogP contribution >= 0.6 is 31.9 Å². The van der Waals surface area contributed by atoms with Gasteiger partial charge in [-0.3, -0.25) is 4.79 Å². The van der Waals surface area contributed by atoms with Crippen LogP contribution in [0.4, 0.5) is 0 Å². The largest absolute Gasteiger partial charge is 0.496 e. The second-order valence-corrected chi connectivity index (χ2v) is 10.5. The zero-order chi connectivity index (χ0) is 30.8. The van der Waals surface area contributed by atoms with Crippen molar-refractivity contribution in [3.63, 3.8) is 0 Å². The van der Waals surface area contributed by atoms with Gasteiger partial charge >= 0.3 is 5.97 Å². The number of hydrogen-bond acceptors (Lipinski definition) is 8. The van der Waals surface area contributed by atoms with Crippen LogP contribution in [0.1, 0.15) is 38.2 Å². The van der Waals surface area contributed by atoms with Crippen molar-refractivity contribution in [2.24, 2.45) is 0 Å². The summed E-state index contributed by atoms with van der Waals surface area (Å²) in [5, 5.41) is 35.2. The van der Waals surface area contributed by atoms with Gasteiger partial charge in [-0.25, -0.2) is 4.79 Å². The van der Waals surface area contributed by atoms with Gasteiger partial charge in [0, 0.05) is 33.7 Å². The molecule has 0 unspecified atom stereocenters. The highest BCUT2D eigenvalue weighted by molar-refractivity contribution is 9.28. The third-order valence-corrected chi connectivity index (χ3v) is 5.60. The molecule has 0 fully saturated rings. The normalized spacial score (nSPS) is 9.37. The van der Waals surface area contributed by atoms with Crippen LogP contribution < -0.4 is 14.2 Å². The number of halogens is 2. The van der Waals surface area contributed by atoms with Gasteiger partial charge < -0.3 is 34.6 Å². The second-order valence-electron chi connectivity index (χ2n) is 7.75. The van der Waals surface area contributed by atoms with Crippen molar-refractivity contribution in [3.8, 4) is 29.1 Å². The number of benzene rings is 3. The number of aliphatic carboxylic acids is 1. The monoisotopic (exact) mass is 692 g/mol. The van der Waals surface area contributed by atoms with Gasteiger partial charge in [0.05, 0.1) is 44.5 Å². The maximum absolute atomic E-state index is 10.4. The number of carbonyl (C=O) groups is 2. The molecule has 0 saturated carbocycles. The van der Waals surface area contributed by atoms with Crippen molar-refractivity contribution in [2.75, 3.05) is 21.3 Å². The van der Waals surface area contributed by atoms with Crippen molar-refractivity contribution in [1.29, 1.82) is 0 Å². The quantitative estimate of drug-likeness (QED) is 0.191. The fourth-order valence-electron chi connectivity index (χ4n) is 3.15. The number of carboxylic acids is 1. The Labute approximate surface area is 255 Å². The van der Waals surface area contributed by atoms with Crippen molar-refractivity contribution >= 4 is 50.2 Å². The first-order valence-corrected chi connectivity index (χ1v) is 13.3. The third-order valence-electron chi connectivity index (χ3n) is 5.15. The maximum Gasteiger partial charge on any atom is 0.382 e. The van der Waals surface area contributed by atoms with E-state index in [0.29, 0.717) is 39.5 Å². The molecule has 3 rings (SSSR count). The van der Waals surface area contributed by atoms with Crippen molar-refractivity contribution in [2.45, 2.75) is 19.8 Å². The molecule has 0 amide bonds.